The molecule has 3 rings (SSSR count). The van der Waals surface area contributed by atoms with Crippen molar-refractivity contribution < 1.29 is 4.79 Å². The minimum Gasteiger partial charge on any atom is -0.379 e. The minimum absolute atomic E-state index is 0.0491. The summed E-state index contributed by atoms with van der Waals surface area (Å²) in [5, 5.41) is 3.52. The van der Waals surface area contributed by atoms with Crippen LogP contribution in [-0.4, -0.2) is 11.3 Å². The second-order valence-corrected chi connectivity index (χ2v) is 7.21. The Kier molecular flexibility index (Phi) is 4.57. The lowest BCUT2D eigenvalue weighted by Gasteiger charge is -2.35. The van der Waals surface area contributed by atoms with E-state index in [0.29, 0.717) is 0 Å². The molecule has 0 spiro atoms. The standard InChI is InChI=1S/C22H25NO/c1-4-7-16-10-12-17(13-11-16)21(24)14-20-19-9-6-5-8-18(19)15-22(2,3)23-20/h5-6,8-14,23H,4,7,15H2,1-3H3. The van der Waals surface area contributed by atoms with Crippen LogP contribution in [0.5, 0.6) is 0 Å². The van der Waals surface area contributed by atoms with Gasteiger partial charge in [-0.2, -0.15) is 0 Å². The fourth-order valence-electron chi connectivity index (χ4n) is 3.34. The normalized spacial score (nSPS) is 17.2. The van der Waals surface area contributed by atoms with E-state index in [-0.39, 0.29) is 11.3 Å². The van der Waals surface area contributed by atoms with Crippen molar-refractivity contribution in [3.05, 3.63) is 76.9 Å². The summed E-state index contributed by atoms with van der Waals surface area (Å²) in [7, 11) is 0. The van der Waals surface area contributed by atoms with Gasteiger partial charge in [-0.3, -0.25) is 4.79 Å². The summed E-state index contributed by atoms with van der Waals surface area (Å²) in [4.78, 5) is 12.7. The molecule has 0 saturated carbocycles. The van der Waals surface area contributed by atoms with Gasteiger partial charge in [-0.15, -0.1) is 0 Å². The summed E-state index contributed by atoms with van der Waals surface area (Å²) in [6.45, 7) is 6.50. The van der Waals surface area contributed by atoms with Gasteiger partial charge in [-0.1, -0.05) is 61.9 Å². The summed E-state index contributed by atoms with van der Waals surface area (Å²) in [5.41, 5.74) is 5.32. The zero-order valence-corrected chi connectivity index (χ0v) is 14.7. The molecular formula is C22H25NO. The molecule has 0 radical (unpaired) electrons. The van der Waals surface area contributed by atoms with Crippen LogP contribution in [0, 0.1) is 0 Å². The highest BCUT2D eigenvalue weighted by atomic mass is 16.1. The first-order chi connectivity index (χ1) is 11.5. The largest absolute Gasteiger partial charge is 0.379 e. The van der Waals surface area contributed by atoms with E-state index in [0.717, 1.165) is 36.1 Å². The van der Waals surface area contributed by atoms with E-state index in [4.69, 9.17) is 0 Å². The Morgan fingerprint density at radius 1 is 1.12 bits per heavy atom. The Morgan fingerprint density at radius 2 is 1.83 bits per heavy atom. The number of rotatable bonds is 4. The highest BCUT2D eigenvalue weighted by molar-refractivity contribution is 6.08. The van der Waals surface area contributed by atoms with Gasteiger partial charge in [0, 0.05) is 28.4 Å². The van der Waals surface area contributed by atoms with Crippen molar-refractivity contribution >= 4 is 11.5 Å². The van der Waals surface area contributed by atoms with Gasteiger partial charge in [0.1, 0.15) is 0 Å². The quantitative estimate of drug-likeness (QED) is 0.648. The number of carbonyl (C=O) groups excluding carboxylic acids is 1. The van der Waals surface area contributed by atoms with E-state index in [1.165, 1.54) is 11.1 Å². The van der Waals surface area contributed by atoms with Crippen LogP contribution in [0.15, 0.2) is 54.6 Å². The van der Waals surface area contributed by atoms with Crippen molar-refractivity contribution in [2.75, 3.05) is 0 Å². The molecule has 0 unspecified atom stereocenters. The topological polar surface area (TPSA) is 29.1 Å². The Balaban J connectivity index is 1.91. The third kappa shape index (κ3) is 3.59. The first-order valence-electron chi connectivity index (χ1n) is 8.70. The third-order valence-electron chi connectivity index (χ3n) is 4.47. The zero-order chi connectivity index (χ0) is 17.2. The maximum Gasteiger partial charge on any atom is 0.187 e. The molecule has 0 atom stereocenters. The molecule has 0 amide bonds. The molecule has 2 heteroatoms. The Morgan fingerprint density at radius 3 is 2.54 bits per heavy atom. The maximum atomic E-state index is 12.7. The lowest BCUT2D eigenvalue weighted by molar-refractivity contribution is 0.104. The van der Waals surface area contributed by atoms with Crippen LogP contribution in [0.25, 0.3) is 5.70 Å². The number of allylic oxidation sites excluding steroid dienone is 1. The van der Waals surface area contributed by atoms with Gasteiger partial charge in [0.05, 0.1) is 0 Å². The van der Waals surface area contributed by atoms with Crippen LogP contribution in [0.3, 0.4) is 0 Å². The fraction of sp³-hybridized carbons (Fsp3) is 0.318. The molecule has 1 N–H and O–H groups in total. The molecule has 24 heavy (non-hydrogen) atoms. The Hall–Kier alpha value is -2.35. The molecule has 0 saturated heterocycles. The number of benzene rings is 2. The van der Waals surface area contributed by atoms with Gasteiger partial charge >= 0.3 is 0 Å². The predicted octanol–water partition coefficient (Wildman–Crippen LogP) is 4.79. The number of carbonyl (C=O) groups is 1. The molecule has 1 aliphatic heterocycles. The van der Waals surface area contributed by atoms with Gasteiger partial charge in [0.25, 0.3) is 0 Å². The average molecular weight is 319 g/mol. The highest BCUT2D eigenvalue weighted by Gasteiger charge is 2.27. The smallest absolute Gasteiger partial charge is 0.187 e. The van der Waals surface area contributed by atoms with Crippen molar-refractivity contribution in [1.29, 1.82) is 0 Å². The summed E-state index contributed by atoms with van der Waals surface area (Å²) < 4.78 is 0. The van der Waals surface area contributed by atoms with Gasteiger partial charge < -0.3 is 5.32 Å². The van der Waals surface area contributed by atoms with Crippen LogP contribution in [0.2, 0.25) is 0 Å². The molecular weight excluding hydrogens is 294 g/mol. The van der Waals surface area contributed by atoms with E-state index >= 15 is 0 Å². The first-order valence-corrected chi connectivity index (χ1v) is 8.70. The van der Waals surface area contributed by atoms with Crippen molar-refractivity contribution in [3.63, 3.8) is 0 Å². The van der Waals surface area contributed by atoms with Crippen molar-refractivity contribution in [3.8, 4) is 0 Å². The SMILES string of the molecule is CCCc1ccc(C(=O)C=C2NC(C)(C)Cc3ccccc32)cc1. The highest BCUT2D eigenvalue weighted by Crippen LogP contribution is 2.29. The summed E-state index contributed by atoms with van der Waals surface area (Å²) in [6, 6.07) is 16.3. The van der Waals surface area contributed by atoms with E-state index in [1.54, 1.807) is 6.08 Å². The number of ketones is 1. The van der Waals surface area contributed by atoms with Crippen LogP contribution in [-0.2, 0) is 12.8 Å². The van der Waals surface area contributed by atoms with Crippen LogP contribution >= 0.6 is 0 Å². The van der Waals surface area contributed by atoms with Crippen molar-refractivity contribution in [2.24, 2.45) is 0 Å². The molecule has 2 nitrogen and oxygen atoms in total. The molecule has 0 aliphatic carbocycles. The van der Waals surface area contributed by atoms with Gasteiger partial charge in [0.2, 0.25) is 0 Å². The summed E-state index contributed by atoms with van der Waals surface area (Å²) in [5.74, 6) is 0.0491. The zero-order valence-electron chi connectivity index (χ0n) is 14.7. The molecule has 2 aromatic carbocycles. The first kappa shape index (κ1) is 16.5. The third-order valence-corrected chi connectivity index (χ3v) is 4.47. The molecule has 2 aromatic rings. The summed E-state index contributed by atoms with van der Waals surface area (Å²) >= 11 is 0. The monoisotopic (exact) mass is 319 g/mol. The molecule has 0 fully saturated rings. The van der Waals surface area contributed by atoms with Crippen LogP contribution in [0.4, 0.5) is 0 Å². The minimum atomic E-state index is -0.0501. The number of hydrogen-bond donors (Lipinski definition) is 1. The van der Waals surface area contributed by atoms with Crippen LogP contribution < -0.4 is 5.32 Å². The molecule has 1 heterocycles. The number of nitrogens with one attached hydrogen (secondary N) is 1. The predicted molar refractivity (Wildman–Crippen MR) is 100 cm³/mol. The lowest BCUT2D eigenvalue weighted by atomic mass is 9.85. The average Bonchev–Trinajstić information content (AvgIpc) is 2.54. The van der Waals surface area contributed by atoms with Gasteiger partial charge in [-0.05, 0) is 37.8 Å². The van der Waals surface area contributed by atoms with Crippen molar-refractivity contribution in [2.45, 2.75) is 45.6 Å². The Bertz CT molecular complexity index is 769. The van der Waals surface area contributed by atoms with E-state index < -0.39 is 0 Å². The number of hydrogen-bond acceptors (Lipinski definition) is 2. The fourth-order valence-corrected chi connectivity index (χ4v) is 3.34. The van der Waals surface area contributed by atoms with Crippen molar-refractivity contribution in [1.82, 2.24) is 5.32 Å². The van der Waals surface area contributed by atoms with Gasteiger partial charge in [0.15, 0.2) is 5.78 Å². The lowest BCUT2D eigenvalue weighted by Crippen LogP contribution is -2.43. The van der Waals surface area contributed by atoms with Crippen LogP contribution in [0.1, 0.15) is 54.2 Å². The molecule has 0 aromatic heterocycles. The number of fused-ring (bicyclic) bond motifs is 1. The maximum absolute atomic E-state index is 12.7. The van der Waals surface area contributed by atoms with E-state index in [2.05, 4.69) is 56.4 Å². The van der Waals surface area contributed by atoms with E-state index in [1.807, 2.05) is 18.2 Å². The molecule has 1 aliphatic rings. The molecule has 124 valence electrons. The number of aryl methyl sites for hydroxylation is 1. The Labute approximate surface area is 144 Å². The molecule has 0 bridgehead atoms. The second-order valence-electron chi connectivity index (χ2n) is 7.21. The summed E-state index contributed by atoms with van der Waals surface area (Å²) in [6.07, 6.45) is 4.88. The second kappa shape index (κ2) is 6.64. The van der Waals surface area contributed by atoms with Gasteiger partial charge in [-0.25, -0.2) is 0 Å². The van der Waals surface area contributed by atoms with E-state index in [9.17, 15) is 4.79 Å².